The highest BCUT2D eigenvalue weighted by molar-refractivity contribution is 5.95. The summed E-state index contributed by atoms with van der Waals surface area (Å²) in [7, 11) is 1.66. The lowest BCUT2D eigenvalue weighted by Gasteiger charge is -2.30. The van der Waals surface area contributed by atoms with Gasteiger partial charge in [-0.1, -0.05) is 0 Å². The topological polar surface area (TPSA) is 38.8 Å². The normalized spacial score (nSPS) is 14.9. The number of hydrogen-bond acceptors (Lipinski definition) is 3. The van der Waals surface area contributed by atoms with Crippen LogP contribution < -0.4 is 9.64 Å². The van der Waals surface area contributed by atoms with E-state index in [9.17, 15) is 4.79 Å². The van der Waals surface area contributed by atoms with Crippen molar-refractivity contribution < 1.29 is 14.3 Å². The fourth-order valence-corrected chi connectivity index (χ4v) is 2.32. The fourth-order valence-electron chi connectivity index (χ4n) is 2.32. The Morgan fingerprint density at radius 1 is 1.35 bits per heavy atom. The molecular formula is C16H23NO3. The molecule has 0 N–H and O–H groups in total. The minimum Gasteiger partial charge on any atom is -0.497 e. The SMILES string of the molecule is COc1ccc2c(c1)CCCN2C(=O)COC(C)(C)C. The van der Waals surface area contributed by atoms with Crippen molar-refractivity contribution in [3.63, 3.8) is 0 Å². The summed E-state index contributed by atoms with van der Waals surface area (Å²) < 4.78 is 10.8. The monoisotopic (exact) mass is 277 g/mol. The van der Waals surface area contributed by atoms with Gasteiger partial charge in [0.2, 0.25) is 0 Å². The zero-order chi connectivity index (χ0) is 14.8. The Bertz CT molecular complexity index is 491. The van der Waals surface area contributed by atoms with Crippen LogP contribution in [0.25, 0.3) is 0 Å². The van der Waals surface area contributed by atoms with Gasteiger partial charge in [-0.15, -0.1) is 0 Å². The van der Waals surface area contributed by atoms with Crippen LogP contribution in [0.3, 0.4) is 0 Å². The molecule has 0 fully saturated rings. The van der Waals surface area contributed by atoms with E-state index >= 15 is 0 Å². The molecule has 110 valence electrons. The van der Waals surface area contributed by atoms with Gasteiger partial charge in [0.1, 0.15) is 12.4 Å². The van der Waals surface area contributed by atoms with Crippen LogP contribution in [0.5, 0.6) is 5.75 Å². The van der Waals surface area contributed by atoms with Crippen LogP contribution in [0.2, 0.25) is 0 Å². The van der Waals surface area contributed by atoms with E-state index in [2.05, 4.69) is 0 Å². The average Bonchev–Trinajstić information content (AvgIpc) is 2.42. The molecule has 0 bridgehead atoms. The number of nitrogens with zero attached hydrogens (tertiary/aromatic N) is 1. The van der Waals surface area contributed by atoms with Crippen LogP contribution in [0, 0.1) is 0 Å². The minimum absolute atomic E-state index is 0.0195. The zero-order valence-corrected chi connectivity index (χ0v) is 12.7. The summed E-state index contributed by atoms with van der Waals surface area (Å²) in [6.45, 7) is 6.74. The number of fused-ring (bicyclic) bond motifs is 1. The van der Waals surface area contributed by atoms with Crippen molar-refractivity contribution in [2.24, 2.45) is 0 Å². The molecule has 1 aromatic carbocycles. The Morgan fingerprint density at radius 2 is 2.10 bits per heavy atom. The lowest BCUT2D eigenvalue weighted by Crippen LogP contribution is -2.39. The second-order valence-corrected chi connectivity index (χ2v) is 6.04. The highest BCUT2D eigenvalue weighted by Crippen LogP contribution is 2.30. The van der Waals surface area contributed by atoms with Crippen molar-refractivity contribution in [2.75, 3.05) is 25.2 Å². The molecule has 0 spiro atoms. The number of carbonyl (C=O) groups is 1. The molecule has 0 unspecified atom stereocenters. The Kier molecular flexibility index (Phi) is 4.33. The first kappa shape index (κ1) is 14.9. The highest BCUT2D eigenvalue weighted by Gasteiger charge is 2.24. The molecule has 1 aliphatic rings. The second kappa shape index (κ2) is 5.83. The van der Waals surface area contributed by atoms with Gasteiger partial charge in [-0.2, -0.15) is 0 Å². The molecule has 0 radical (unpaired) electrons. The molecule has 2 rings (SSSR count). The van der Waals surface area contributed by atoms with E-state index in [4.69, 9.17) is 9.47 Å². The molecule has 1 heterocycles. The largest absolute Gasteiger partial charge is 0.497 e. The molecule has 4 heteroatoms. The summed E-state index contributed by atoms with van der Waals surface area (Å²) in [6, 6.07) is 5.87. The molecule has 0 aliphatic carbocycles. The molecule has 0 atom stereocenters. The lowest BCUT2D eigenvalue weighted by atomic mass is 10.0. The quantitative estimate of drug-likeness (QED) is 0.852. The first-order valence-electron chi connectivity index (χ1n) is 7.02. The maximum absolute atomic E-state index is 12.3. The number of aryl methyl sites for hydroxylation is 1. The van der Waals surface area contributed by atoms with Crippen LogP contribution in [0.4, 0.5) is 5.69 Å². The number of carbonyl (C=O) groups excluding carboxylic acids is 1. The maximum Gasteiger partial charge on any atom is 0.253 e. The third kappa shape index (κ3) is 3.51. The number of benzene rings is 1. The van der Waals surface area contributed by atoms with Gasteiger partial charge in [0.25, 0.3) is 5.91 Å². The van der Waals surface area contributed by atoms with Crippen molar-refractivity contribution in [3.8, 4) is 5.75 Å². The van der Waals surface area contributed by atoms with Gasteiger partial charge in [0, 0.05) is 12.2 Å². The van der Waals surface area contributed by atoms with E-state index in [-0.39, 0.29) is 18.1 Å². The second-order valence-electron chi connectivity index (χ2n) is 6.04. The van der Waals surface area contributed by atoms with Crippen LogP contribution in [-0.4, -0.2) is 31.8 Å². The summed E-state index contributed by atoms with van der Waals surface area (Å²) in [6.07, 6.45) is 1.96. The van der Waals surface area contributed by atoms with Crippen LogP contribution >= 0.6 is 0 Å². The Hall–Kier alpha value is -1.55. The van der Waals surface area contributed by atoms with E-state index in [0.29, 0.717) is 0 Å². The number of rotatable bonds is 3. The van der Waals surface area contributed by atoms with Gasteiger partial charge in [-0.05, 0) is 57.4 Å². The third-order valence-electron chi connectivity index (χ3n) is 3.34. The van der Waals surface area contributed by atoms with Gasteiger partial charge in [-0.25, -0.2) is 0 Å². The van der Waals surface area contributed by atoms with Crippen molar-refractivity contribution in [1.29, 1.82) is 0 Å². The Morgan fingerprint density at radius 3 is 2.75 bits per heavy atom. The number of methoxy groups -OCH3 is 1. The molecule has 1 aromatic rings. The van der Waals surface area contributed by atoms with E-state index in [0.717, 1.165) is 30.8 Å². The summed E-state index contributed by atoms with van der Waals surface area (Å²) in [5, 5.41) is 0. The van der Waals surface area contributed by atoms with E-state index in [1.807, 2.05) is 43.9 Å². The first-order chi connectivity index (χ1) is 9.40. The minimum atomic E-state index is -0.297. The lowest BCUT2D eigenvalue weighted by molar-refractivity contribution is -0.128. The molecule has 1 amide bonds. The van der Waals surface area contributed by atoms with Crippen molar-refractivity contribution in [2.45, 2.75) is 39.2 Å². The summed E-state index contributed by atoms with van der Waals surface area (Å²) in [4.78, 5) is 14.2. The predicted molar refractivity (Wildman–Crippen MR) is 79.4 cm³/mol. The smallest absolute Gasteiger partial charge is 0.253 e. The summed E-state index contributed by atoms with van der Waals surface area (Å²) >= 11 is 0. The third-order valence-corrected chi connectivity index (χ3v) is 3.34. The molecule has 1 aliphatic heterocycles. The van der Waals surface area contributed by atoms with Crippen molar-refractivity contribution in [3.05, 3.63) is 23.8 Å². The molecule has 20 heavy (non-hydrogen) atoms. The standard InChI is InChI=1S/C16H23NO3/c1-16(2,3)20-11-15(18)17-9-5-6-12-10-13(19-4)7-8-14(12)17/h7-8,10H,5-6,9,11H2,1-4H3. The van der Waals surface area contributed by atoms with Crippen molar-refractivity contribution >= 4 is 11.6 Å². The number of anilines is 1. The maximum atomic E-state index is 12.3. The molecule has 4 nitrogen and oxygen atoms in total. The highest BCUT2D eigenvalue weighted by atomic mass is 16.5. The summed E-state index contributed by atoms with van der Waals surface area (Å²) in [5.41, 5.74) is 1.85. The fraction of sp³-hybridized carbons (Fsp3) is 0.562. The van der Waals surface area contributed by atoms with Gasteiger partial charge in [0.05, 0.1) is 12.7 Å². The first-order valence-corrected chi connectivity index (χ1v) is 7.02. The van der Waals surface area contributed by atoms with Gasteiger partial charge in [-0.3, -0.25) is 4.79 Å². The molecular weight excluding hydrogens is 254 g/mol. The molecule has 0 saturated carbocycles. The summed E-state index contributed by atoms with van der Waals surface area (Å²) in [5.74, 6) is 0.857. The number of hydrogen-bond donors (Lipinski definition) is 0. The molecule has 0 saturated heterocycles. The van der Waals surface area contributed by atoms with Crippen LogP contribution in [0.15, 0.2) is 18.2 Å². The van der Waals surface area contributed by atoms with Crippen LogP contribution in [0.1, 0.15) is 32.8 Å². The van der Waals surface area contributed by atoms with Gasteiger partial charge >= 0.3 is 0 Å². The van der Waals surface area contributed by atoms with Gasteiger partial charge in [0.15, 0.2) is 0 Å². The zero-order valence-electron chi connectivity index (χ0n) is 12.7. The Labute approximate surface area is 120 Å². The molecule has 0 aromatic heterocycles. The number of ether oxygens (including phenoxy) is 2. The average molecular weight is 277 g/mol. The Balaban J connectivity index is 2.13. The van der Waals surface area contributed by atoms with E-state index in [1.165, 1.54) is 5.56 Å². The van der Waals surface area contributed by atoms with E-state index < -0.39 is 0 Å². The van der Waals surface area contributed by atoms with Gasteiger partial charge < -0.3 is 14.4 Å². The van der Waals surface area contributed by atoms with E-state index in [1.54, 1.807) is 7.11 Å². The predicted octanol–water partition coefficient (Wildman–Crippen LogP) is 2.79. The van der Waals surface area contributed by atoms with Crippen LogP contribution in [-0.2, 0) is 16.0 Å². The van der Waals surface area contributed by atoms with Crippen molar-refractivity contribution in [1.82, 2.24) is 0 Å². The number of amides is 1.